The molecule has 4 rings (SSSR count). The van der Waals surface area contributed by atoms with E-state index < -0.39 is 10.0 Å². The van der Waals surface area contributed by atoms with E-state index in [1.54, 1.807) is 18.3 Å². The van der Waals surface area contributed by atoms with Crippen LogP contribution >= 0.6 is 0 Å². The summed E-state index contributed by atoms with van der Waals surface area (Å²) in [5.74, 6) is 0.759. The van der Waals surface area contributed by atoms with E-state index in [0.29, 0.717) is 18.8 Å². The number of hydrogen-bond acceptors (Lipinski definition) is 5. The van der Waals surface area contributed by atoms with E-state index in [0.717, 1.165) is 24.2 Å². The fourth-order valence-electron chi connectivity index (χ4n) is 3.28. The minimum Gasteiger partial charge on any atom is -0.448 e. The second kappa shape index (κ2) is 7.01. The van der Waals surface area contributed by atoms with Gasteiger partial charge in [-0.05, 0) is 25.0 Å². The minimum absolute atomic E-state index is 0.0262. The van der Waals surface area contributed by atoms with Gasteiger partial charge in [0.25, 0.3) is 10.0 Å². The second-order valence-electron chi connectivity index (χ2n) is 6.33. The van der Waals surface area contributed by atoms with Crippen molar-refractivity contribution >= 4 is 10.0 Å². The lowest BCUT2D eigenvalue weighted by molar-refractivity contribution is 0.289. The lowest BCUT2D eigenvalue weighted by Gasteiger charge is -2.30. The van der Waals surface area contributed by atoms with E-state index in [2.05, 4.69) is 9.97 Å². The first-order chi connectivity index (χ1) is 12.6. The van der Waals surface area contributed by atoms with Crippen LogP contribution in [0.15, 0.2) is 70.6 Å². The molecule has 3 aromatic rings. The number of sulfonamides is 1. The van der Waals surface area contributed by atoms with Crippen LogP contribution in [0.25, 0.3) is 11.3 Å². The SMILES string of the molecule is O=S(=O)(c1cccc(-c2ccccc2)n1)N1CCCC(c2cnco2)C1. The maximum Gasteiger partial charge on any atom is 0.260 e. The van der Waals surface area contributed by atoms with E-state index in [-0.39, 0.29) is 10.9 Å². The average Bonchev–Trinajstić information content (AvgIpc) is 3.24. The predicted octanol–water partition coefficient (Wildman–Crippen LogP) is 3.30. The van der Waals surface area contributed by atoms with Crippen molar-refractivity contribution in [3.63, 3.8) is 0 Å². The van der Waals surface area contributed by atoms with Gasteiger partial charge in [0, 0.05) is 24.6 Å². The lowest BCUT2D eigenvalue weighted by atomic mass is 9.98. The van der Waals surface area contributed by atoms with Gasteiger partial charge in [-0.15, -0.1) is 0 Å². The summed E-state index contributed by atoms with van der Waals surface area (Å²) in [6.07, 6.45) is 4.71. The topological polar surface area (TPSA) is 76.3 Å². The summed E-state index contributed by atoms with van der Waals surface area (Å²) in [5.41, 5.74) is 1.54. The number of aromatic nitrogens is 2. The third kappa shape index (κ3) is 3.27. The van der Waals surface area contributed by atoms with Crippen LogP contribution in [0.4, 0.5) is 0 Å². The molecule has 1 aliphatic heterocycles. The van der Waals surface area contributed by atoms with Crippen LogP contribution < -0.4 is 0 Å². The molecule has 1 atom stereocenters. The van der Waals surface area contributed by atoms with Gasteiger partial charge in [-0.25, -0.2) is 18.4 Å². The Kier molecular flexibility index (Phi) is 4.57. The standard InChI is InChI=1S/C19H19N3O3S/c23-26(24,22-11-5-8-16(13-22)18-12-20-14-25-18)19-10-4-9-17(21-19)15-6-2-1-3-7-15/h1-4,6-7,9-10,12,14,16H,5,8,11,13H2. The van der Waals surface area contributed by atoms with Gasteiger partial charge < -0.3 is 4.42 Å². The molecular formula is C19H19N3O3S. The molecule has 1 unspecified atom stereocenters. The Labute approximate surface area is 152 Å². The maximum absolute atomic E-state index is 13.1. The van der Waals surface area contributed by atoms with E-state index in [4.69, 9.17) is 4.42 Å². The van der Waals surface area contributed by atoms with Crippen LogP contribution in [0.3, 0.4) is 0 Å². The first-order valence-corrected chi connectivity index (χ1v) is 9.99. The molecule has 134 valence electrons. The van der Waals surface area contributed by atoms with E-state index in [9.17, 15) is 8.42 Å². The summed E-state index contributed by atoms with van der Waals surface area (Å²) >= 11 is 0. The van der Waals surface area contributed by atoms with Gasteiger partial charge >= 0.3 is 0 Å². The fraction of sp³-hybridized carbons (Fsp3) is 0.263. The molecule has 0 saturated carbocycles. The van der Waals surface area contributed by atoms with Crippen molar-refractivity contribution in [2.45, 2.75) is 23.8 Å². The van der Waals surface area contributed by atoms with Crippen LogP contribution in [0.1, 0.15) is 24.5 Å². The van der Waals surface area contributed by atoms with Crippen LogP contribution in [0, 0.1) is 0 Å². The van der Waals surface area contributed by atoms with Gasteiger partial charge in [-0.2, -0.15) is 4.31 Å². The zero-order chi connectivity index (χ0) is 18.0. The number of rotatable bonds is 4. The summed E-state index contributed by atoms with van der Waals surface area (Å²) in [4.78, 5) is 8.35. The molecule has 2 aromatic heterocycles. The third-order valence-electron chi connectivity index (χ3n) is 4.64. The zero-order valence-electron chi connectivity index (χ0n) is 14.2. The highest BCUT2D eigenvalue weighted by Gasteiger charge is 2.33. The number of pyridine rings is 1. The Bertz CT molecular complexity index is 972. The summed E-state index contributed by atoms with van der Waals surface area (Å²) in [6.45, 7) is 0.874. The molecule has 1 aromatic carbocycles. The van der Waals surface area contributed by atoms with Gasteiger partial charge in [0.2, 0.25) is 0 Å². The second-order valence-corrected chi connectivity index (χ2v) is 8.22. The summed E-state index contributed by atoms with van der Waals surface area (Å²) in [7, 11) is -3.66. The Hall–Kier alpha value is -2.51. The highest BCUT2D eigenvalue weighted by atomic mass is 32.2. The number of hydrogen-bond donors (Lipinski definition) is 0. The molecule has 0 N–H and O–H groups in total. The molecule has 3 heterocycles. The van der Waals surface area contributed by atoms with Crippen LogP contribution in [0.2, 0.25) is 0 Å². The number of nitrogens with zero attached hydrogens (tertiary/aromatic N) is 3. The predicted molar refractivity (Wildman–Crippen MR) is 96.9 cm³/mol. The molecule has 6 nitrogen and oxygen atoms in total. The van der Waals surface area contributed by atoms with E-state index >= 15 is 0 Å². The average molecular weight is 369 g/mol. The highest BCUT2D eigenvalue weighted by molar-refractivity contribution is 7.89. The zero-order valence-corrected chi connectivity index (χ0v) is 15.0. The highest BCUT2D eigenvalue weighted by Crippen LogP contribution is 2.30. The summed E-state index contributed by atoms with van der Waals surface area (Å²) < 4.78 is 33.1. The fourth-order valence-corrected chi connectivity index (χ4v) is 4.76. The largest absolute Gasteiger partial charge is 0.448 e. The maximum atomic E-state index is 13.1. The molecule has 1 saturated heterocycles. The molecule has 1 fully saturated rings. The normalized spacial score (nSPS) is 18.7. The number of benzene rings is 1. The van der Waals surface area contributed by atoms with Crippen LogP contribution in [0.5, 0.6) is 0 Å². The monoisotopic (exact) mass is 369 g/mol. The van der Waals surface area contributed by atoms with E-state index in [1.165, 1.54) is 10.7 Å². The number of oxazole rings is 1. The van der Waals surface area contributed by atoms with Crippen molar-refractivity contribution in [3.05, 3.63) is 66.9 Å². The smallest absolute Gasteiger partial charge is 0.260 e. The van der Waals surface area contributed by atoms with Gasteiger partial charge in [-0.3, -0.25) is 0 Å². The van der Waals surface area contributed by atoms with E-state index in [1.807, 2.05) is 36.4 Å². The quantitative estimate of drug-likeness (QED) is 0.705. The van der Waals surface area contributed by atoms with Crippen molar-refractivity contribution in [2.75, 3.05) is 13.1 Å². The van der Waals surface area contributed by atoms with Crippen LogP contribution in [-0.4, -0.2) is 35.8 Å². The van der Waals surface area contributed by atoms with Crippen molar-refractivity contribution in [3.8, 4) is 11.3 Å². The van der Waals surface area contributed by atoms with Gasteiger partial charge in [0.05, 0.1) is 11.9 Å². The molecule has 0 radical (unpaired) electrons. The summed E-state index contributed by atoms with van der Waals surface area (Å²) in [5, 5.41) is 0.0806. The van der Waals surface area contributed by atoms with Gasteiger partial charge in [0.15, 0.2) is 11.4 Å². The molecular weight excluding hydrogens is 350 g/mol. The number of piperidine rings is 1. The Balaban J connectivity index is 1.62. The molecule has 0 amide bonds. The Morgan fingerprint density at radius 3 is 2.69 bits per heavy atom. The van der Waals surface area contributed by atoms with Crippen molar-refractivity contribution < 1.29 is 12.8 Å². The first kappa shape index (κ1) is 16.9. The van der Waals surface area contributed by atoms with Crippen molar-refractivity contribution in [1.82, 2.24) is 14.3 Å². The molecule has 26 heavy (non-hydrogen) atoms. The van der Waals surface area contributed by atoms with Crippen molar-refractivity contribution in [1.29, 1.82) is 0 Å². The minimum atomic E-state index is -3.66. The molecule has 0 bridgehead atoms. The Morgan fingerprint density at radius 2 is 1.92 bits per heavy atom. The van der Waals surface area contributed by atoms with Crippen LogP contribution in [-0.2, 0) is 10.0 Å². The van der Waals surface area contributed by atoms with Gasteiger partial charge in [0.1, 0.15) is 5.76 Å². The molecule has 0 aliphatic carbocycles. The first-order valence-electron chi connectivity index (χ1n) is 8.55. The van der Waals surface area contributed by atoms with Crippen molar-refractivity contribution in [2.24, 2.45) is 0 Å². The molecule has 0 spiro atoms. The lowest BCUT2D eigenvalue weighted by Crippen LogP contribution is -2.39. The Morgan fingerprint density at radius 1 is 1.08 bits per heavy atom. The summed E-state index contributed by atoms with van der Waals surface area (Å²) in [6, 6.07) is 14.7. The molecule has 1 aliphatic rings. The third-order valence-corrected chi connectivity index (χ3v) is 6.40. The van der Waals surface area contributed by atoms with Gasteiger partial charge in [-0.1, -0.05) is 36.4 Å². The molecule has 7 heteroatoms.